The maximum atomic E-state index is 5.75. The molecule has 0 atom stereocenters. The Morgan fingerprint density at radius 3 is 2.75 bits per heavy atom. The second-order valence-electron chi connectivity index (χ2n) is 4.05. The molecule has 1 aromatic carbocycles. The largest absolute Gasteiger partial charge is 0.493 e. The van der Waals surface area contributed by atoms with Crippen molar-refractivity contribution in [2.45, 2.75) is 33.2 Å². The zero-order valence-corrected chi connectivity index (χ0v) is 10.1. The van der Waals surface area contributed by atoms with E-state index in [4.69, 9.17) is 4.74 Å². The number of nitrogens with zero attached hydrogens (tertiary/aromatic N) is 1. The average Bonchev–Trinajstić information content (AvgIpc) is 2.71. The first-order valence-corrected chi connectivity index (χ1v) is 6.07. The Bertz CT molecular complexity index is 459. The van der Waals surface area contributed by atoms with Crippen LogP contribution >= 0.6 is 0 Å². The smallest absolute Gasteiger partial charge is 0.128 e. The van der Waals surface area contributed by atoms with Gasteiger partial charge in [0.2, 0.25) is 0 Å². The molecule has 1 aromatic heterocycles. The van der Waals surface area contributed by atoms with Crippen LogP contribution in [0.4, 0.5) is 0 Å². The first-order valence-electron chi connectivity index (χ1n) is 6.07. The van der Waals surface area contributed by atoms with Crippen molar-refractivity contribution < 1.29 is 4.74 Å². The Balaban J connectivity index is 2.36. The van der Waals surface area contributed by atoms with E-state index in [1.165, 1.54) is 10.9 Å². The lowest BCUT2D eigenvalue weighted by atomic mass is 10.2. The summed E-state index contributed by atoms with van der Waals surface area (Å²) in [5, 5.41) is 1.23. The molecular formula is C14H19NO. The molecule has 0 aliphatic carbocycles. The average molecular weight is 217 g/mol. The standard InChI is InChI=1S/C14H19NO/c1-3-9-15-10-8-12-13(15)6-5-7-14(12)16-11-4-2/h5-8,10H,3-4,9,11H2,1-2H3. The SMILES string of the molecule is CCCOc1cccc2c1ccn2CCC. The van der Waals surface area contributed by atoms with Gasteiger partial charge in [-0.05, 0) is 31.0 Å². The van der Waals surface area contributed by atoms with Gasteiger partial charge < -0.3 is 9.30 Å². The number of fused-ring (bicyclic) bond motifs is 1. The molecule has 0 amide bonds. The Morgan fingerprint density at radius 2 is 2.00 bits per heavy atom. The Kier molecular flexibility index (Phi) is 3.50. The summed E-state index contributed by atoms with van der Waals surface area (Å²) in [7, 11) is 0. The summed E-state index contributed by atoms with van der Waals surface area (Å²) in [6, 6.07) is 8.42. The molecule has 0 saturated carbocycles. The summed E-state index contributed by atoms with van der Waals surface area (Å²) < 4.78 is 8.03. The lowest BCUT2D eigenvalue weighted by Crippen LogP contribution is -1.96. The third kappa shape index (κ3) is 2.06. The number of hydrogen-bond acceptors (Lipinski definition) is 1. The number of rotatable bonds is 5. The minimum atomic E-state index is 0.790. The van der Waals surface area contributed by atoms with Gasteiger partial charge in [0.25, 0.3) is 0 Å². The molecule has 0 bridgehead atoms. The summed E-state index contributed by atoms with van der Waals surface area (Å²) in [6.45, 7) is 6.18. The van der Waals surface area contributed by atoms with E-state index in [2.05, 4.69) is 42.8 Å². The number of ether oxygens (including phenoxy) is 1. The molecule has 2 heteroatoms. The minimum absolute atomic E-state index is 0.790. The van der Waals surface area contributed by atoms with Crippen molar-refractivity contribution in [3.8, 4) is 5.75 Å². The summed E-state index contributed by atoms with van der Waals surface area (Å²) in [5.41, 5.74) is 1.27. The molecule has 2 rings (SSSR count). The van der Waals surface area contributed by atoms with Crippen molar-refractivity contribution >= 4 is 10.9 Å². The summed E-state index contributed by atoms with van der Waals surface area (Å²) in [6.07, 6.45) is 4.35. The maximum Gasteiger partial charge on any atom is 0.128 e. The molecule has 0 saturated heterocycles. The van der Waals surface area contributed by atoms with Gasteiger partial charge in [0.05, 0.1) is 12.1 Å². The van der Waals surface area contributed by atoms with Gasteiger partial charge in [-0.3, -0.25) is 0 Å². The van der Waals surface area contributed by atoms with Crippen molar-refractivity contribution in [3.05, 3.63) is 30.5 Å². The molecule has 1 heterocycles. The van der Waals surface area contributed by atoms with Gasteiger partial charge in [-0.25, -0.2) is 0 Å². The van der Waals surface area contributed by atoms with Crippen LogP contribution in [-0.2, 0) is 6.54 Å². The normalized spacial score (nSPS) is 10.9. The fourth-order valence-electron chi connectivity index (χ4n) is 1.97. The van der Waals surface area contributed by atoms with Crippen molar-refractivity contribution in [1.82, 2.24) is 4.57 Å². The zero-order chi connectivity index (χ0) is 11.4. The summed E-state index contributed by atoms with van der Waals surface area (Å²) in [4.78, 5) is 0. The lowest BCUT2D eigenvalue weighted by molar-refractivity contribution is 0.321. The number of aromatic nitrogens is 1. The van der Waals surface area contributed by atoms with Crippen molar-refractivity contribution in [2.75, 3.05) is 6.61 Å². The van der Waals surface area contributed by atoms with E-state index in [0.29, 0.717) is 0 Å². The molecule has 0 spiro atoms. The van der Waals surface area contributed by atoms with E-state index in [9.17, 15) is 0 Å². The third-order valence-electron chi connectivity index (χ3n) is 2.70. The quantitative estimate of drug-likeness (QED) is 0.742. The summed E-state index contributed by atoms with van der Waals surface area (Å²) in [5.74, 6) is 1.01. The minimum Gasteiger partial charge on any atom is -0.493 e. The van der Waals surface area contributed by atoms with Crippen LogP contribution < -0.4 is 4.74 Å². The van der Waals surface area contributed by atoms with Crippen LogP contribution in [0.1, 0.15) is 26.7 Å². The molecule has 0 aliphatic heterocycles. The van der Waals surface area contributed by atoms with E-state index in [1.54, 1.807) is 0 Å². The highest BCUT2D eigenvalue weighted by molar-refractivity contribution is 5.86. The van der Waals surface area contributed by atoms with E-state index in [1.807, 2.05) is 6.07 Å². The maximum absolute atomic E-state index is 5.75. The topological polar surface area (TPSA) is 14.2 Å². The van der Waals surface area contributed by atoms with Crippen molar-refractivity contribution in [2.24, 2.45) is 0 Å². The highest BCUT2D eigenvalue weighted by Gasteiger charge is 2.05. The molecule has 16 heavy (non-hydrogen) atoms. The second kappa shape index (κ2) is 5.06. The van der Waals surface area contributed by atoms with Gasteiger partial charge in [0.15, 0.2) is 0 Å². The van der Waals surface area contributed by atoms with E-state index in [-0.39, 0.29) is 0 Å². The van der Waals surface area contributed by atoms with Gasteiger partial charge in [-0.1, -0.05) is 19.9 Å². The van der Waals surface area contributed by atoms with Crippen LogP contribution in [0, 0.1) is 0 Å². The molecule has 0 aliphatic rings. The molecule has 0 radical (unpaired) electrons. The molecule has 0 unspecified atom stereocenters. The fourth-order valence-corrected chi connectivity index (χ4v) is 1.97. The van der Waals surface area contributed by atoms with Crippen LogP contribution in [0.5, 0.6) is 5.75 Å². The van der Waals surface area contributed by atoms with Crippen molar-refractivity contribution in [3.63, 3.8) is 0 Å². The summed E-state index contributed by atoms with van der Waals surface area (Å²) >= 11 is 0. The first kappa shape index (κ1) is 11.1. The highest BCUT2D eigenvalue weighted by atomic mass is 16.5. The van der Waals surface area contributed by atoms with Gasteiger partial charge in [0.1, 0.15) is 5.75 Å². The van der Waals surface area contributed by atoms with Gasteiger partial charge in [0, 0.05) is 18.1 Å². The zero-order valence-electron chi connectivity index (χ0n) is 10.1. The first-order chi connectivity index (χ1) is 7.86. The third-order valence-corrected chi connectivity index (χ3v) is 2.70. The van der Waals surface area contributed by atoms with Gasteiger partial charge in [-0.15, -0.1) is 0 Å². The highest BCUT2D eigenvalue weighted by Crippen LogP contribution is 2.26. The molecule has 0 N–H and O–H groups in total. The molecule has 2 nitrogen and oxygen atoms in total. The Hall–Kier alpha value is -1.44. The molecule has 0 fully saturated rings. The second-order valence-corrected chi connectivity index (χ2v) is 4.05. The van der Waals surface area contributed by atoms with Crippen LogP contribution in [0.25, 0.3) is 10.9 Å². The lowest BCUT2D eigenvalue weighted by Gasteiger charge is -2.07. The predicted molar refractivity (Wildman–Crippen MR) is 68.0 cm³/mol. The monoisotopic (exact) mass is 217 g/mol. The Morgan fingerprint density at radius 1 is 1.12 bits per heavy atom. The number of hydrogen-bond donors (Lipinski definition) is 0. The van der Waals surface area contributed by atoms with Gasteiger partial charge in [-0.2, -0.15) is 0 Å². The van der Waals surface area contributed by atoms with E-state index < -0.39 is 0 Å². The van der Waals surface area contributed by atoms with Gasteiger partial charge >= 0.3 is 0 Å². The molecule has 2 aromatic rings. The molecular weight excluding hydrogens is 198 g/mol. The van der Waals surface area contributed by atoms with Crippen LogP contribution in [-0.4, -0.2) is 11.2 Å². The van der Waals surface area contributed by atoms with Crippen LogP contribution in [0.15, 0.2) is 30.5 Å². The Labute approximate surface area is 96.8 Å². The predicted octanol–water partition coefficient (Wildman–Crippen LogP) is 3.84. The fraction of sp³-hybridized carbons (Fsp3) is 0.429. The molecule has 86 valence electrons. The number of aryl methyl sites for hydroxylation is 1. The van der Waals surface area contributed by atoms with E-state index >= 15 is 0 Å². The van der Waals surface area contributed by atoms with Crippen molar-refractivity contribution in [1.29, 1.82) is 0 Å². The van der Waals surface area contributed by atoms with Crippen LogP contribution in [0.2, 0.25) is 0 Å². The van der Waals surface area contributed by atoms with E-state index in [0.717, 1.165) is 31.7 Å². The number of benzene rings is 1. The van der Waals surface area contributed by atoms with Crippen LogP contribution in [0.3, 0.4) is 0 Å².